The zero-order chi connectivity index (χ0) is 15.8. The monoisotopic (exact) mass is 294 g/mol. The van der Waals surface area contributed by atoms with Gasteiger partial charge in [-0.05, 0) is 12.1 Å². The van der Waals surface area contributed by atoms with Crippen LogP contribution in [0.25, 0.3) is 0 Å². The Kier molecular flexibility index (Phi) is 3.59. The highest BCUT2D eigenvalue weighted by Crippen LogP contribution is 2.43. The summed E-state index contributed by atoms with van der Waals surface area (Å²) in [5.41, 5.74) is -1.74. The second-order valence-corrected chi connectivity index (χ2v) is 4.79. The quantitative estimate of drug-likeness (QED) is 0.796. The Hall–Kier alpha value is -2.57. The smallest absolute Gasteiger partial charge is 0.321 e. The zero-order valence-corrected chi connectivity index (χ0v) is 11.5. The lowest BCUT2D eigenvalue weighted by Crippen LogP contribution is -2.46. The number of hydrogen-bond donors (Lipinski definition) is 2. The number of fused-ring (bicyclic) bond motifs is 1. The van der Waals surface area contributed by atoms with E-state index in [0.29, 0.717) is 0 Å². The Morgan fingerprint density at radius 3 is 2.05 bits per heavy atom. The van der Waals surface area contributed by atoms with Gasteiger partial charge in [-0.15, -0.1) is 0 Å². The van der Waals surface area contributed by atoms with E-state index in [2.05, 4.69) is 0 Å². The van der Waals surface area contributed by atoms with E-state index in [1.165, 1.54) is 26.4 Å². The molecule has 7 nitrogen and oxygen atoms in total. The van der Waals surface area contributed by atoms with E-state index >= 15 is 0 Å². The largest absolute Gasteiger partial charge is 0.496 e. The summed E-state index contributed by atoms with van der Waals surface area (Å²) in [7, 11) is 2.75. The Bertz CT molecular complexity index is 618. The maximum atomic E-state index is 12.3. The van der Waals surface area contributed by atoms with E-state index in [1.807, 2.05) is 0 Å². The number of carboxylic acid groups (broad SMARTS) is 2. The summed E-state index contributed by atoms with van der Waals surface area (Å²) in [4.78, 5) is 35.1. The predicted octanol–water partition coefficient (Wildman–Crippen LogP) is 0.988. The average Bonchev–Trinajstić information content (AvgIpc) is 2.45. The van der Waals surface area contributed by atoms with Gasteiger partial charge in [-0.1, -0.05) is 0 Å². The van der Waals surface area contributed by atoms with Crippen molar-refractivity contribution in [1.29, 1.82) is 0 Å². The Morgan fingerprint density at radius 1 is 1.05 bits per heavy atom. The van der Waals surface area contributed by atoms with Crippen LogP contribution in [0.15, 0.2) is 12.1 Å². The number of rotatable bonds is 4. The fourth-order valence-electron chi connectivity index (χ4n) is 2.57. The maximum absolute atomic E-state index is 12.3. The minimum atomic E-state index is -2.18. The van der Waals surface area contributed by atoms with Gasteiger partial charge in [0, 0.05) is 18.4 Å². The lowest BCUT2D eigenvalue weighted by atomic mass is 9.70. The van der Waals surface area contributed by atoms with Gasteiger partial charge in [-0.3, -0.25) is 14.4 Å². The van der Waals surface area contributed by atoms with E-state index in [9.17, 15) is 24.6 Å². The molecule has 0 spiro atoms. The number of ketones is 1. The highest BCUT2D eigenvalue weighted by molar-refractivity contribution is 6.11. The molecule has 0 atom stereocenters. The first-order valence-electron chi connectivity index (χ1n) is 6.11. The van der Waals surface area contributed by atoms with Gasteiger partial charge >= 0.3 is 11.9 Å². The van der Waals surface area contributed by atoms with Crippen LogP contribution in [-0.4, -0.2) is 42.2 Å². The molecule has 0 bridgehead atoms. The Morgan fingerprint density at radius 2 is 1.57 bits per heavy atom. The van der Waals surface area contributed by atoms with E-state index in [0.717, 1.165) is 0 Å². The highest BCUT2D eigenvalue weighted by atomic mass is 16.5. The number of carboxylic acids is 2. The van der Waals surface area contributed by atoms with Gasteiger partial charge in [-0.2, -0.15) is 0 Å². The first kappa shape index (κ1) is 14.8. The summed E-state index contributed by atoms with van der Waals surface area (Å²) < 4.78 is 10.2. The molecular weight excluding hydrogens is 280 g/mol. The fourth-order valence-corrected chi connectivity index (χ4v) is 2.57. The molecule has 7 heteroatoms. The third kappa shape index (κ3) is 2.10. The van der Waals surface area contributed by atoms with Crippen molar-refractivity contribution in [3.63, 3.8) is 0 Å². The summed E-state index contributed by atoms with van der Waals surface area (Å²) in [5.74, 6) is -3.12. The van der Waals surface area contributed by atoms with E-state index in [1.54, 1.807) is 0 Å². The number of carbonyl (C=O) groups excluding carboxylic acids is 1. The van der Waals surface area contributed by atoms with Gasteiger partial charge in [-0.25, -0.2) is 0 Å². The molecule has 0 radical (unpaired) electrons. The molecule has 0 aromatic heterocycles. The number of ether oxygens (including phenoxy) is 2. The maximum Gasteiger partial charge on any atom is 0.321 e. The SMILES string of the molecule is COc1ccc(OC)c2c1CC(C(=O)O)(C(=O)O)CC2=O. The highest BCUT2D eigenvalue weighted by Gasteiger charge is 2.53. The van der Waals surface area contributed by atoms with Gasteiger partial charge in [0.15, 0.2) is 11.2 Å². The molecule has 1 aromatic carbocycles. The third-order valence-corrected chi connectivity index (χ3v) is 3.71. The van der Waals surface area contributed by atoms with Gasteiger partial charge in [0.1, 0.15) is 11.5 Å². The molecule has 1 aromatic rings. The molecule has 112 valence electrons. The topological polar surface area (TPSA) is 110 Å². The molecule has 2 rings (SSSR count). The van der Waals surface area contributed by atoms with Crippen LogP contribution in [0.1, 0.15) is 22.3 Å². The predicted molar refractivity (Wildman–Crippen MR) is 69.9 cm³/mol. The van der Waals surface area contributed by atoms with Crippen molar-refractivity contribution in [2.75, 3.05) is 14.2 Å². The van der Waals surface area contributed by atoms with Crippen molar-refractivity contribution in [2.24, 2.45) is 5.41 Å². The fraction of sp³-hybridized carbons (Fsp3) is 0.357. The molecule has 0 unspecified atom stereocenters. The van der Waals surface area contributed by atoms with Crippen LogP contribution in [-0.2, 0) is 16.0 Å². The lowest BCUT2D eigenvalue weighted by Gasteiger charge is -2.31. The molecule has 0 saturated heterocycles. The van der Waals surface area contributed by atoms with E-state index in [-0.39, 0.29) is 29.0 Å². The van der Waals surface area contributed by atoms with E-state index < -0.39 is 29.6 Å². The minimum Gasteiger partial charge on any atom is -0.496 e. The average molecular weight is 294 g/mol. The number of Topliss-reactive ketones (excluding diaryl/α,β-unsaturated/α-hetero) is 1. The standard InChI is InChI=1S/C14H14O7/c1-20-9-3-4-10(21-2)11-7(9)5-14(12(16)17,13(18)19)6-8(11)15/h3-4H,5-6H2,1-2H3,(H,16,17)(H,18,19). The Labute approximate surface area is 120 Å². The first-order valence-corrected chi connectivity index (χ1v) is 6.11. The molecule has 1 aliphatic carbocycles. The minimum absolute atomic E-state index is 0.190. The van der Waals surface area contributed by atoms with Crippen LogP contribution in [0.4, 0.5) is 0 Å². The molecule has 0 amide bonds. The molecule has 0 aliphatic heterocycles. The molecule has 0 heterocycles. The summed E-state index contributed by atoms with van der Waals surface area (Å²) in [6.07, 6.45) is -0.951. The van der Waals surface area contributed by atoms with E-state index in [4.69, 9.17) is 9.47 Å². The van der Waals surface area contributed by atoms with Crippen LogP contribution in [0.2, 0.25) is 0 Å². The normalized spacial score (nSPS) is 16.0. The van der Waals surface area contributed by atoms with Crippen LogP contribution in [0.3, 0.4) is 0 Å². The molecular formula is C14H14O7. The van der Waals surface area contributed by atoms with Crippen molar-refractivity contribution >= 4 is 17.7 Å². The second-order valence-electron chi connectivity index (χ2n) is 4.79. The van der Waals surface area contributed by atoms with Gasteiger partial charge in [0.2, 0.25) is 0 Å². The van der Waals surface area contributed by atoms with Crippen molar-refractivity contribution in [3.05, 3.63) is 23.3 Å². The number of benzene rings is 1. The van der Waals surface area contributed by atoms with Crippen molar-refractivity contribution < 1.29 is 34.1 Å². The third-order valence-electron chi connectivity index (χ3n) is 3.71. The first-order chi connectivity index (χ1) is 9.87. The van der Waals surface area contributed by atoms with Crippen molar-refractivity contribution in [1.82, 2.24) is 0 Å². The van der Waals surface area contributed by atoms with Gasteiger partial charge < -0.3 is 19.7 Å². The van der Waals surface area contributed by atoms with Gasteiger partial charge in [0.25, 0.3) is 0 Å². The van der Waals surface area contributed by atoms with Crippen LogP contribution in [0.5, 0.6) is 11.5 Å². The number of hydrogen-bond acceptors (Lipinski definition) is 5. The Balaban J connectivity index is 2.70. The number of aliphatic carboxylic acids is 2. The lowest BCUT2D eigenvalue weighted by molar-refractivity contribution is -0.164. The van der Waals surface area contributed by atoms with Crippen LogP contribution < -0.4 is 9.47 Å². The summed E-state index contributed by atoms with van der Waals surface area (Å²) >= 11 is 0. The molecule has 0 saturated carbocycles. The second kappa shape index (κ2) is 5.08. The van der Waals surface area contributed by atoms with Crippen LogP contribution >= 0.6 is 0 Å². The summed E-state index contributed by atoms with van der Waals surface area (Å²) in [6.45, 7) is 0. The number of carbonyl (C=O) groups is 3. The van der Waals surface area contributed by atoms with Gasteiger partial charge in [0.05, 0.1) is 19.8 Å². The van der Waals surface area contributed by atoms with Crippen molar-refractivity contribution in [2.45, 2.75) is 12.8 Å². The van der Waals surface area contributed by atoms with Crippen molar-refractivity contribution in [3.8, 4) is 11.5 Å². The summed E-state index contributed by atoms with van der Waals surface area (Å²) in [5, 5.41) is 18.6. The number of methoxy groups -OCH3 is 2. The molecule has 0 fully saturated rings. The molecule has 2 N–H and O–H groups in total. The van der Waals surface area contributed by atoms with Crippen LogP contribution in [0, 0.1) is 5.41 Å². The molecule has 21 heavy (non-hydrogen) atoms. The molecule has 1 aliphatic rings. The summed E-state index contributed by atoms with van der Waals surface area (Å²) in [6, 6.07) is 3.05. The zero-order valence-electron chi connectivity index (χ0n) is 11.5.